The Labute approximate surface area is 132 Å². The summed E-state index contributed by atoms with van der Waals surface area (Å²) in [6, 6.07) is 12.1. The van der Waals surface area contributed by atoms with Gasteiger partial charge in [-0.25, -0.2) is 0 Å². The molecule has 0 saturated carbocycles. The van der Waals surface area contributed by atoms with Crippen molar-refractivity contribution in [3.8, 4) is 5.75 Å². The molecule has 0 radical (unpaired) electrons. The summed E-state index contributed by atoms with van der Waals surface area (Å²) < 4.78 is 5.54. The maximum absolute atomic E-state index is 12.2. The number of benzene rings is 1. The quantitative estimate of drug-likeness (QED) is 0.823. The molecule has 2 N–H and O–H groups in total. The van der Waals surface area contributed by atoms with Crippen LogP contribution >= 0.6 is 11.3 Å². The van der Waals surface area contributed by atoms with Gasteiger partial charge in [0, 0.05) is 4.88 Å². The number of para-hydroxylation sites is 1. The van der Waals surface area contributed by atoms with E-state index >= 15 is 0 Å². The summed E-state index contributed by atoms with van der Waals surface area (Å²) in [4.78, 5) is 24.0. The van der Waals surface area contributed by atoms with Crippen molar-refractivity contribution in [1.82, 2.24) is 5.32 Å². The smallest absolute Gasteiger partial charge is 0.305 e. The van der Waals surface area contributed by atoms with Gasteiger partial charge in [0.2, 0.25) is 0 Å². The van der Waals surface area contributed by atoms with Crippen molar-refractivity contribution in [3.05, 3.63) is 52.7 Å². The average molecular weight is 319 g/mol. The molecule has 0 bridgehead atoms. The molecule has 0 aliphatic carbocycles. The summed E-state index contributed by atoms with van der Waals surface area (Å²) in [6.45, 7) is 1.63. The van der Waals surface area contributed by atoms with Crippen LogP contribution in [0.2, 0.25) is 0 Å². The number of carbonyl (C=O) groups is 2. The van der Waals surface area contributed by atoms with Gasteiger partial charge in [-0.15, -0.1) is 11.3 Å². The molecule has 0 spiro atoms. The molecule has 0 unspecified atom stereocenters. The van der Waals surface area contributed by atoms with E-state index in [1.807, 2.05) is 29.6 Å². The van der Waals surface area contributed by atoms with Crippen molar-refractivity contribution in [1.29, 1.82) is 0 Å². The minimum Gasteiger partial charge on any atom is -0.481 e. The average Bonchev–Trinajstić information content (AvgIpc) is 3.01. The molecular weight excluding hydrogens is 302 g/mol. The number of amides is 1. The van der Waals surface area contributed by atoms with Crippen LogP contribution in [0, 0.1) is 0 Å². The second-order valence-electron chi connectivity index (χ2n) is 4.75. The maximum Gasteiger partial charge on any atom is 0.305 e. The summed E-state index contributed by atoms with van der Waals surface area (Å²) in [7, 11) is 0. The standard InChI is InChI=1S/C16H17NO4S/c1-11(21-12-6-3-2-4-7-12)16(20)17-13(10-15(18)19)14-8-5-9-22-14/h2-9,11,13H,10H2,1H3,(H,17,20)(H,18,19)/t11-,13+/m0/s1. The van der Waals surface area contributed by atoms with Crippen molar-refractivity contribution in [2.45, 2.75) is 25.5 Å². The van der Waals surface area contributed by atoms with Gasteiger partial charge in [-0.05, 0) is 30.5 Å². The lowest BCUT2D eigenvalue weighted by Crippen LogP contribution is -2.39. The summed E-state index contributed by atoms with van der Waals surface area (Å²) in [5, 5.41) is 13.6. The largest absolute Gasteiger partial charge is 0.481 e. The third-order valence-corrected chi connectivity index (χ3v) is 3.99. The van der Waals surface area contributed by atoms with E-state index in [9.17, 15) is 9.59 Å². The zero-order valence-electron chi connectivity index (χ0n) is 12.1. The number of hydrogen-bond donors (Lipinski definition) is 2. The Kier molecular flexibility index (Phi) is 5.55. The Morgan fingerprint density at radius 2 is 1.95 bits per heavy atom. The molecule has 1 amide bonds. The summed E-state index contributed by atoms with van der Waals surface area (Å²) in [6.07, 6.45) is -0.872. The summed E-state index contributed by atoms with van der Waals surface area (Å²) >= 11 is 1.41. The van der Waals surface area contributed by atoms with Crippen LogP contribution < -0.4 is 10.1 Å². The Balaban J connectivity index is 1.99. The molecule has 1 aromatic carbocycles. The lowest BCUT2D eigenvalue weighted by molar-refractivity contribution is -0.138. The molecular formula is C16H17NO4S. The maximum atomic E-state index is 12.2. The number of carbonyl (C=O) groups excluding carboxylic acids is 1. The first-order valence-electron chi connectivity index (χ1n) is 6.83. The van der Waals surface area contributed by atoms with Crippen molar-refractivity contribution >= 4 is 23.2 Å². The third-order valence-electron chi connectivity index (χ3n) is 3.01. The number of nitrogens with one attached hydrogen (secondary N) is 1. The van der Waals surface area contributed by atoms with Crippen LogP contribution in [0.3, 0.4) is 0 Å². The molecule has 1 aromatic heterocycles. The molecule has 0 aliphatic rings. The summed E-state index contributed by atoms with van der Waals surface area (Å²) in [5.41, 5.74) is 0. The number of hydrogen-bond acceptors (Lipinski definition) is 4. The molecule has 22 heavy (non-hydrogen) atoms. The Morgan fingerprint density at radius 1 is 1.23 bits per heavy atom. The lowest BCUT2D eigenvalue weighted by atomic mass is 10.1. The van der Waals surface area contributed by atoms with Gasteiger partial charge in [0.15, 0.2) is 6.10 Å². The second-order valence-corrected chi connectivity index (χ2v) is 5.73. The van der Waals surface area contributed by atoms with Crippen molar-refractivity contribution in [3.63, 3.8) is 0 Å². The predicted octanol–water partition coefficient (Wildman–Crippen LogP) is 2.85. The van der Waals surface area contributed by atoms with Gasteiger partial charge in [-0.3, -0.25) is 9.59 Å². The van der Waals surface area contributed by atoms with Gasteiger partial charge in [0.25, 0.3) is 5.91 Å². The van der Waals surface area contributed by atoms with E-state index < -0.39 is 18.1 Å². The first kappa shape index (κ1) is 16.0. The van der Waals surface area contributed by atoms with Crippen LogP contribution in [-0.4, -0.2) is 23.1 Å². The molecule has 0 fully saturated rings. The van der Waals surface area contributed by atoms with Crippen LogP contribution in [0.1, 0.15) is 24.3 Å². The van der Waals surface area contributed by atoms with Crippen LogP contribution in [0.15, 0.2) is 47.8 Å². The third kappa shape index (κ3) is 4.60. The van der Waals surface area contributed by atoms with Gasteiger partial charge in [0.1, 0.15) is 5.75 Å². The van der Waals surface area contributed by atoms with Gasteiger partial charge in [-0.2, -0.15) is 0 Å². The topological polar surface area (TPSA) is 75.6 Å². The van der Waals surface area contributed by atoms with Crippen LogP contribution in [0.5, 0.6) is 5.75 Å². The van der Waals surface area contributed by atoms with Crippen molar-refractivity contribution in [2.75, 3.05) is 0 Å². The fraction of sp³-hybridized carbons (Fsp3) is 0.250. The molecule has 0 saturated heterocycles. The van der Waals surface area contributed by atoms with E-state index in [1.54, 1.807) is 25.1 Å². The molecule has 2 atom stereocenters. The SMILES string of the molecule is C[C@H](Oc1ccccc1)C(=O)N[C@H](CC(=O)O)c1cccs1. The Bertz CT molecular complexity index is 612. The van der Waals surface area contributed by atoms with E-state index in [0.29, 0.717) is 5.75 Å². The normalized spacial score (nSPS) is 13.1. The molecule has 6 heteroatoms. The number of ether oxygens (including phenoxy) is 1. The van der Waals surface area contributed by atoms with Crippen LogP contribution in [0.4, 0.5) is 0 Å². The fourth-order valence-corrected chi connectivity index (χ4v) is 2.71. The highest BCUT2D eigenvalue weighted by molar-refractivity contribution is 7.10. The lowest BCUT2D eigenvalue weighted by Gasteiger charge is -2.19. The zero-order chi connectivity index (χ0) is 15.9. The molecule has 5 nitrogen and oxygen atoms in total. The van der Waals surface area contributed by atoms with Crippen molar-refractivity contribution in [2.24, 2.45) is 0 Å². The van der Waals surface area contributed by atoms with E-state index in [1.165, 1.54) is 11.3 Å². The minimum absolute atomic E-state index is 0.162. The van der Waals surface area contributed by atoms with Gasteiger partial charge < -0.3 is 15.2 Å². The van der Waals surface area contributed by atoms with E-state index in [0.717, 1.165) is 4.88 Å². The van der Waals surface area contributed by atoms with Crippen LogP contribution in [0.25, 0.3) is 0 Å². The predicted molar refractivity (Wildman–Crippen MR) is 84.0 cm³/mol. The van der Waals surface area contributed by atoms with Crippen molar-refractivity contribution < 1.29 is 19.4 Å². The minimum atomic E-state index is -0.963. The van der Waals surface area contributed by atoms with E-state index in [4.69, 9.17) is 9.84 Å². The van der Waals surface area contributed by atoms with E-state index in [-0.39, 0.29) is 12.3 Å². The highest BCUT2D eigenvalue weighted by Crippen LogP contribution is 2.22. The molecule has 116 valence electrons. The first-order valence-corrected chi connectivity index (χ1v) is 7.71. The fourth-order valence-electron chi connectivity index (χ4n) is 1.93. The number of thiophene rings is 1. The monoisotopic (exact) mass is 319 g/mol. The van der Waals surface area contributed by atoms with Gasteiger partial charge in [-0.1, -0.05) is 24.3 Å². The highest BCUT2D eigenvalue weighted by Gasteiger charge is 2.23. The molecule has 0 aliphatic heterocycles. The Morgan fingerprint density at radius 3 is 2.55 bits per heavy atom. The van der Waals surface area contributed by atoms with Gasteiger partial charge >= 0.3 is 5.97 Å². The van der Waals surface area contributed by atoms with E-state index in [2.05, 4.69) is 5.32 Å². The number of carboxylic acids is 1. The number of rotatable bonds is 7. The highest BCUT2D eigenvalue weighted by atomic mass is 32.1. The van der Waals surface area contributed by atoms with Crippen LogP contribution in [-0.2, 0) is 9.59 Å². The number of aliphatic carboxylic acids is 1. The Hall–Kier alpha value is -2.34. The van der Waals surface area contributed by atoms with Gasteiger partial charge in [0.05, 0.1) is 12.5 Å². The molecule has 1 heterocycles. The summed E-state index contributed by atoms with van der Waals surface area (Å²) in [5.74, 6) is -0.713. The number of carboxylic acid groups (broad SMARTS) is 1. The zero-order valence-corrected chi connectivity index (χ0v) is 12.9. The molecule has 2 aromatic rings. The molecule has 2 rings (SSSR count). The first-order chi connectivity index (χ1) is 10.6. The second kappa shape index (κ2) is 7.61.